The molecule has 198 valence electrons. The highest BCUT2D eigenvalue weighted by molar-refractivity contribution is 5.92. The molecule has 0 radical (unpaired) electrons. The number of carbonyl (C=O) groups excluding carboxylic acids is 2. The molecule has 2 unspecified atom stereocenters. The van der Waals surface area contributed by atoms with Crippen molar-refractivity contribution in [3.05, 3.63) is 107 Å². The van der Waals surface area contributed by atoms with Crippen LogP contribution >= 0.6 is 0 Å². The SMILES string of the molecule is CC(=O)NC1(c2ccccc2)CCN(CC2CC2(C(=O)NCCc2ccc(F)cc2)c2ccccc2)CC1. The van der Waals surface area contributed by atoms with Crippen LogP contribution in [0.3, 0.4) is 0 Å². The fourth-order valence-electron chi connectivity index (χ4n) is 6.19. The predicted molar refractivity (Wildman–Crippen MR) is 147 cm³/mol. The van der Waals surface area contributed by atoms with Crippen molar-refractivity contribution in [3.8, 4) is 0 Å². The van der Waals surface area contributed by atoms with E-state index in [1.165, 1.54) is 12.1 Å². The molecule has 0 aromatic heterocycles. The quantitative estimate of drug-likeness (QED) is 0.441. The van der Waals surface area contributed by atoms with Crippen molar-refractivity contribution in [1.82, 2.24) is 15.5 Å². The number of piperidine rings is 1. The van der Waals surface area contributed by atoms with Gasteiger partial charge in [-0.05, 0) is 60.4 Å². The van der Waals surface area contributed by atoms with Gasteiger partial charge in [-0.2, -0.15) is 0 Å². The Bertz CT molecular complexity index is 1240. The molecule has 0 bridgehead atoms. The van der Waals surface area contributed by atoms with Gasteiger partial charge in [0.05, 0.1) is 11.0 Å². The maximum atomic E-state index is 13.6. The highest BCUT2D eigenvalue weighted by Gasteiger charge is 2.61. The molecular formula is C32H36FN3O2. The maximum absolute atomic E-state index is 13.6. The summed E-state index contributed by atoms with van der Waals surface area (Å²) in [6.45, 7) is 4.69. The van der Waals surface area contributed by atoms with Gasteiger partial charge in [-0.1, -0.05) is 72.8 Å². The Kier molecular flexibility index (Phi) is 7.61. The van der Waals surface area contributed by atoms with E-state index in [0.717, 1.165) is 55.6 Å². The number of likely N-dealkylation sites (tertiary alicyclic amines) is 1. The second-order valence-corrected chi connectivity index (χ2v) is 10.8. The average Bonchev–Trinajstić information content (AvgIpc) is 3.66. The summed E-state index contributed by atoms with van der Waals surface area (Å²) in [5.74, 6) is 0.0488. The van der Waals surface area contributed by atoms with Gasteiger partial charge >= 0.3 is 0 Å². The summed E-state index contributed by atoms with van der Waals surface area (Å²) in [6.07, 6.45) is 3.17. The van der Waals surface area contributed by atoms with Crippen molar-refractivity contribution < 1.29 is 14.0 Å². The van der Waals surface area contributed by atoms with E-state index in [0.29, 0.717) is 13.0 Å². The minimum Gasteiger partial charge on any atom is -0.355 e. The van der Waals surface area contributed by atoms with Crippen molar-refractivity contribution in [1.29, 1.82) is 0 Å². The smallest absolute Gasteiger partial charge is 0.231 e. The molecule has 2 aliphatic rings. The number of carbonyl (C=O) groups is 2. The Morgan fingerprint density at radius 2 is 1.50 bits per heavy atom. The fraction of sp³-hybridized carbons (Fsp3) is 0.375. The minimum absolute atomic E-state index is 0.00935. The largest absolute Gasteiger partial charge is 0.355 e. The normalized spacial score (nSPS) is 22.4. The number of hydrogen-bond donors (Lipinski definition) is 2. The first-order valence-corrected chi connectivity index (χ1v) is 13.6. The second kappa shape index (κ2) is 11.1. The molecule has 1 heterocycles. The Labute approximate surface area is 224 Å². The number of halogens is 1. The molecular weight excluding hydrogens is 477 g/mol. The van der Waals surface area contributed by atoms with Gasteiger partial charge in [-0.25, -0.2) is 4.39 Å². The standard InChI is InChI=1S/C32H36FN3O2/c1-24(37)35-31(26-8-4-2-5-9-26)17-20-36(21-18-31)23-28-22-32(28,27-10-6-3-7-11-27)30(38)34-19-16-25-12-14-29(33)15-13-25/h2-15,28H,16-23H2,1H3,(H,34,38)(H,35,37). The summed E-state index contributed by atoms with van der Waals surface area (Å²) in [4.78, 5) is 28.1. The molecule has 1 saturated carbocycles. The van der Waals surface area contributed by atoms with Crippen molar-refractivity contribution in [2.24, 2.45) is 5.92 Å². The first kappa shape index (κ1) is 26.1. The molecule has 2 amide bonds. The van der Waals surface area contributed by atoms with Crippen molar-refractivity contribution in [2.45, 2.75) is 43.6 Å². The first-order chi connectivity index (χ1) is 18.4. The number of nitrogens with zero attached hydrogens (tertiary/aromatic N) is 1. The summed E-state index contributed by atoms with van der Waals surface area (Å²) in [7, 11) is 0. The van der Waals surface area contributed by atoms with Crippen LogP contribution in [0, 0.1) is 11.7 Å². The lowest BCUT2D eigenvalue weighted by Gasteiger charge is -2.43. The third-order valence-corrected chi connectivity index (χ3v) is 8.34. The second-order valence-electron chi connectivity index (χ2n) is 10.8. The van der Waals surface area contributed by atoms with Crippen molar-refractivity contribution in [2.75, 3.05) is 26.2 Å². The highest BCUT2D eigenvalue weighted by atomic mass is 19.1. The van der Waals surface area contributed by atoms with Crippen LogP contribution in [-0.2, 0) is 27.0 Å². The molecule has 2 fully saturated rings. The van der Waals surface area contributed by atoms with E-state index < -0.39 is 5.41 Å². The van der Waals surface area contributed by atoms with E-state index in [4.69, 9.17) is 0 Å². The molecule has 2 atom stereocenters. The molecule has 1 aliphatic carbocycles. The van der Waals surface area contributed by atoms with E-state index in [1.807, 2.05) is 36.4 Å². The lowest BCUT2D eigenvalue weighted by molar-refractivity contribution is -0.124. The van der Waals surface area contributed by atoms with Gasteiger partial charge in [0, 0.05) is 33.1 Å². The zero-order valence-corrected chi connectivity index (χ0v) is 22.0. The Balaban J connectivity index is 1.24. The lowest BCUT2D eigenvalue weighted by Crippen LogP contribution is -2.53. The topological polar surface area (TPSA) is 61.4 Å². The van der Waals surface area contributed by atoms with Gasteiger partial charge < -0.3 is 15.5 Å². The zero-order chi connectivity index (χ0) is 26.6. The third kappa shape index (κ3) is 5.51. The van der Waals surface area contributed by atoms with Crippen LogP contribution in [0.2, 0.25) is 0 Å². The molecule has 5 nitrogen and oxygen atoms in total. The van der Waals surface area contributed by atoms with Crippen LogP contribution in [0.4, 0.5) is 4.39 Å². The van der Waals surface area contributed by atoms with E-state index >= 15 is 0 Å². The van der Waals surface area contributed by atoms with Crippen molar-refractivity contribution >= 4 is 11.8 Å². The van der Waals surface area contributed by atoms with E-state index in [1.54, 1.807) is 19.1 Å². The minimum atomic E-state index is -0.518. The molecule has 0 spiro atoms. The number of nitrogens with one attached hydrogen (secondary N) is 2. The van der Waals surface area contributed by atoms with E-state index in [9.17, 15) is 14.0 Å². The summed E-state index contributed by atoms with van der Waals surface area (Å²) < 4.78 is 13.2. The summed E-state index contributed by atoms with van der Waals surface area (Å²) in [5, 5.41) is 6.42. The zero-order valence-electron chi connectivity index (χ0n) is 22.0. The van der Waals surface area contributed by atoms with Crippen LogP contribution in [0.5, 0.6) is 0 Å². The molecule has 38 heavy (non-hydrogen) atoms. The molecule has 3 aromatic rings. The number of amides is 2. The lowest BCUT2D eigenvalue weighted by atomic mass is 9.80. The highest BCUT2D eigenvalue weighted by Crippen LogP contribution is 2.55. The Hall–Kier alpha value is -3.51. The van der Waals surface area contributed by atoms with Gasteiger partial charge in [0.2, 0.25) is 11.8 Å². The Morgan fingerprint density at radius 1 is 0.895 bits per heavy atom. The first-order valence-electron chi connectivity index (χ1n) is 13.6. The van der Waals surface area contributed by atoms with Gasteiger partial charge in [0.1, 0.15) is 5.82 Å². The van der Waals surface area contributed by atoms with Crippen LogP contribution in [-0.4, -0.2) is 42.9 Å². The van der Waals surface area contributed by atoms with Crippen molar-refractivity contribution in [3.63, 3.8) is 0 Å². The third-order valence-electron chi connectivity index (χ3n) is 8.34. The van der Waals surface area contributed by atoms with E-state index in [-0.39, 0.29) is 29.1 Å². The molecule has 3 aromatic carbocycles. The predicted octanol–water partition coefficient (Wildman–Crippen LogP) is 4.57. The van der Waals surface area contributed by atoms with Gasteiger partial charge in [0.25, 0.3) is 0 Å². The molecule has 1 saturated heterocycles. The number of rotatable bonds is 9. The van der Waals surface area contributed by atoms with Gasteiger partial charge in [0.15, 0.2) is 0 Å². The molecule has 1 aliphatic heterocycles. The number of hydrogen-bond acceptors (Lipinski definition) is 3. The monoisotopic (exact) mass is 513 g/mol. The molecule has 6 heteroatoms. The summed E-state index contributed by atoms with van der Waals surface area (Å²) in [5.41, 5.74) is 2.36. The average molecular weight is 514 g/mol. The molecule has 5 rings (SSSR count). The Morgan fingerprint density at radius 3 is 2.11 bits per heavy atom. The van der Waals surface area contributed by atoms with Gasteiger partial charge in [-0.15, -0.1) is 0 Å². The van der Waals surface area contributed by atoms with Crippen LogP contribution in [0.25, 0.3) is 0 Å². The van der Waals surface area contributed by atoms with Crippen LogP contribution < -0.4 is 10.6 Å². The van der Waals surface area contributed by atoms with Gasteiger partial charge in [-0.3, -0.25) is 9.59 Å². The summed E-state index contributed by atoms with van der Waals surface area (Å²) in [6, 6.07) is 26.8. The van der Waals surface area contributed by atoms with Crippen LogP contribution in [0.1, 0.15) is 42.9 Å². The van der Waals surface area contributed by atoms with E-state index in [2.05, 4.69) is 39.8 Å². The maximum Gasteiger partial charge on any atom is 0.231 e. The van der Waals surface area contributed by atoms with Crippen LogP contribution in [0.15, 0.2) is 84.9 Å². The fourth-order valence-corrected chi connectivity index (χ4v) is 6.19. The molecule has 2 N–H and O–H groups in total. The number of benzene rings is 3. The summed E-state index contributed by atoms with van der Waals surface area (Å²) >= 11 is 0.